The maximum absolute atomic E-state index is 13.1. The van der Waals surface area contributed by atoms with Crippen LogP contribution in [0.25, 0.3) is 0 Å². The first kappa shape index (κ1) is 19.4. The second kappa shape index (κ2) is 9.04. The number of hydrogen-bond acceptors (Lipinski definition) is 4. The molecule has 0 bridgehead atoms. The van der Waals surface area contributed by atoms with Crippen molar-refractivity contribution in [2.75, 3.05) is 12.4 Å². The third-order valence-electron chi connectivity index (χ3n) is 4.44. The molecule has 0 aliphatic carbocycles. The van der Waals surface area contributed by atoms with Crippen LogP contribution in [0.5, 0.6) is 5.75 Å². The molecule has 0 aliphatic heterocycles. The maximum Gasteiger partial charge on any atom is 0.256 e. The van der Waals surface area contributed by atoms with E-state index in [9.17, 15) is 4.79 Å². The largest absolute Gasteiger partial charge is 0.497 e. The number of anilines is 2. The van der Waals surface area contributed by atoms with Crippen molar-refractivity contribution in [2.45, 2.75) is 26.4 Å². The van der Waals surface area contributed by atoms with Gasteiger partial charge in [-0.15, -0.1) is 0 Å². The average Bonchev–Trinajstić information content (AvgIpc) is 2.73. The molecule has 1 N–H and O–H groups in total. The third kappa shape index (κ3) is 4.88. The Kier molecular flexibility index (Phi) is 6.27. The van der Waals surface area contributed by atoms with E-state index in [1.54, 1.807) is 19.5 Å². The Morgan fingerprint density at radius 3 is 2.39 bits per heavy atom. The quantitative estimate of drug-likeness (QED) is 0.639. The van der Waals surface area contributed by atoms with Crippen molar-refractivity contribution in [1.82, 2.24) is 9.88 Å². The Morgan fingerprint density at radius 2 is 1.75 bits per heavy atom. The van der Waals surface area contributed by atoms with E-state index in [2.05, 4.69) is 10.3 Å². The minimum Gasteiger partial charge on any atom is -0.497 e. The van der Waals surface area contributed by atoms with Crippen molar-refractivity contribution in [1.29, 1.82) is 0 Å². The molecule has 1 heterocycles. The number of ether oxygens (including phenoxy) is 1. The van der Waals surface area contributed by atoms with Crippen molar-refractivity contribution >= 4 is 17.3 Å². The van der Waals surface area contributed by atoms with Gasteiger partial charge in [0.1, 0.15) is 5.75 Å². The minimum atomic E-state index is -0.0373. The van der Waals surface area contributed by atoms with Crippen LogP contribution in [0, 0.1) is 0 Å². The molecule has 0 fully saturated rings. The van der Waals surface area contributed by atoms with E-state index in [1.807, 2.05) is 79.4 Å². The fourth-order valence-electron chi connectivity index (χ4n) is 2.90. The van der Waals surface area contributed by atoms with Gasteiger partial charge in [0.2, 0.25) is 0 Å². The Hall–Kier alpha value is -3.34. The molecule has 0 saturated carbocycles. The van der Waals surface area contributed by atoms with Gasteiger partial charge in [-0.1, -0.05) is 30.3 Å². The number of aromatic nitrogens is 1. The fraction of sp³-hybridized carbons (Fsp3) is 0.217. The average molecular weight is 375 g/mol. The number of nitrogens with one attached hydrogen (secondary N) is 1. The number of rotatable bonds is 7. The minimum absolute atomic E-state index is 0.0373. The molecule has 5 heteroatoms. The van der Waals surface area contributed by atoms with Crippen LogP contribution >= 0.6 is 0 Å². The van der Waals surface area contributed by atoms with E-state index in [-0.39, 0.29) is 11.9 Å². The first-order chi connectivity index (χ1) is 13.6. The Bertz CT molecular complexity index is 909. The normalized spacial score (nSPS) is 10.6. The second-order valence-corrected chi connectivity index (χ2v) is 6.83. The highest BCUT2D eigenvalue weighted by Crippen LogP contribution is 2.21. The number of methoxy groups -OCH3 is 1. The summed E-state index contributed by atoms with van der Waals surface area (Å²) in [6.45, 7) is 4.61. The van der Waals surface area contributed by atoms with Gasteiger partial charge in [-0.2, -0.15) is 0 Å². The van der Waals surface area contributed by atoms with Gasteiger partial charge in [0.25, 0.3) is 5.91 Å². The zero-order chi connectivity index (χ0) is 19.9. The molecule has 3 aromatic rings. The second-order valence-electron chi connectivity index (χ2n) is 6.83. The van der Waals surface area contributed by atoms with Gasteiger partial charge in [-0.3, -0.25) is 9.78 Å². The molecule has 2 aromatic carbocycles. The van der Waals surface area contributed by atoms with Gasteiger partial charge in [-0.25, -0.2) is 0 Å². The number of hydrogen-bond donors (Lipinski definition) is 1. The van der Waals surface area contributed by atoms with Gasteiger partial charge < -0.3 is 15.0 Å². The summed E-state index contributed by atoms with van der Waals surface area (Å²) in [5.74, 6) is 0.755. The van der Waals surface area contributed by atoms with Crippen LogP contribution in [0.4, 0.5) is 11.4 Å². The molecule has 0 radical (unpaired) electrons. The lowest BCUT2D eigenvalue weighted by Gasteiger charge is -2.27. The van der Waals surface area contributed by atoms with Crippen LogP contribution in [0.3, 0.4) is 0 Å². The molecular formula is C23H25N3O2. The predicted octanol–water partition coefficient (Wildman–Crippen LogP) is 4.88. The highest BCUT2D eigenvalue weighted by atomic mass is 16.5. The molecule has 144 valence electrons. The number of nitrogens with zero attached hydrogens (tertiary/aromatic N) is 2. The van der Waals surface area contributed by atoms with Crippen LogP contribution in [0.1, 0.15) is 29.8 Å². The summed E-state index contributed by atoms with van der Waals surface area (Å²) in [6.07, 6.45) is 3.32. The summed E-state index contributed by atoms with van der Waals surface area (Å²) < 4.78 is 5.18. The van der Waals surface area contributed by atoms with Gasteiger partial charge in [0, 0.05) is 24.5 Å². The standard InChI is InChI=1S/C23H25N3O2/c1-17(2)26(16-18-7-5-4-6-8-18)23(27)19-13-21(15-24-14-19)25-20-9-11-22(28-3)12-10-20/h4-15,17,25H,16H2,1-3H3. The summed E-state index contributed by atoms with van der Waals surface area (Å²) in [5, 5.41) is 3.28. The van der Waals surface area contributed by atoms with E-state index in [1.165, 1.54) is 0 Å². The lowest BCUT2D eigenvalue weighted by Crippen LogP contribution is -2.36. The van der Waals surface area contributed by atoms with E-state index in [0.29, 0.717) is 12.1 Å². The number of benzene rings is 2. The third-order valence-corrected chi connectivity index (χ3v) is 4.44. The molecule has 0 saturated heterocycles. The van der Waals surface area contributed by atoms with Crippen molar-refractivity contribution in [2.24, 2.45) is 0 Å². The molecule has 1 aromatic heterocycles. The number of amides is 1. The van der Waals surface area contributed by atoms with Crippen LogP contribution in [0.15, 0.2) is 73.1 Å². The summed E-state index contributed by atoms with van der Waals surface area (Å²) in [7, 11) is 1.64. The zero-order valence-electron chi connectivity index (χ0n) is 16.4. The van der Waals surface area contributed by atoms with Gasteiger partial charge in [0.15, 0.2) is 0 Å². The van der Waals surface area contributed by atoms with E-state index in [0.717, 1.165) is 22.7 Å². The number of carbonyl (C=O) groups excluding carboxylic acids is 1. The van der Waals surface area contributed by atoms with Crippen LogP contribution in [-0.2, 0) is 6.54 Å². The van der Waals surface area contributed by atoms with Gasteiger partial charge in [-0.05, 0) is 49.7 Å². The zero-order valence-corrected chi connectivity index (χ0v) is 16.4. The maximum atomic E-state index is 13.1. The first-order valence-corrected chi connectivity index (χ1v) is 9.28. The molecular weight excluding hydrogens is 350 g/mol. The molecule has 5 nitrogen and oxygen atoms in total. The Labute approximate surface area is 166 Å². The fourth-order valence-corrected chi connectivity index (χ4v) is 2.90. The van der Waals surface area contributed by atoms with Crippen LogP contribution in [0.2, 0.25) is 0 Å². The molecule has 0 spiro atoms. The highest BCUT2D eigenvalue weighted by Gasteiger charge is 2.19. The van der Waals surface area contributed by atoms with E-state index in [4.69, 9.17) is 4.74 Å². The molecule has 0 unspecified atom stereocenters. The lowest BCUT2D eigenvalue weighted by atomic mass is 10.1. The smallest absolute Gasteiger partial charge is 0.256 e. The summed E-state index contributed by atoms with van der Waals surface area (Å²) in [6, 6.07) is 19.5. The molecule has 0 atom stereocenters. The molecule has 28 heavy (non-hydrogen) atoms. The summed E-state index contributed by atoms with van der Waals surface area (Å²) >= 11 is 0. The summed E-state index contributed by atoms with van der Waals surface area (Å²) in [4.78, 5) is 19.2. The SMILES string of the molecule is COc1ccc(Nc2cncc(C(=O)N(Cc3ccccc3)C(C)C)c2)cc1. The first-order valence-electron chi connectivity index (χ1n) is 9.28. The number of carbonyl (C=O) groups is 1. The summed E-state index contributed by atoms with van der Waals surface area (Å²) in [5.41, 5.74) is 3.32. The number of pyridine rings is 1. The lowest BCUT2D eigenvalue weighted by molar-refractivity contribution is 0.0690. The van der Waals surface area contributed by atoms with Crippen LogP contribution < -0.4 is 10.1 Å². The molecule has 3 rings (SSSR count). The highest BCUT2D eigenvalue weighted by molar-refractivity contribution is 5.95. The predicted molar refractivity (Wildman–Crippen MR) is 112 cm³/mol. The molecule has 0 aliphatic rings. The topological polar surface area (TPSA) is 54.5 Å². The van der Waals surface area contributed by atoms with Gasteiger partial charge in [0.05, 0.1) is 24.6 Å². The monoisotopic (exact) mass is 375 g/mol. The van der Waals surface area contributed by atoms with E-state index < -0.39 is 0 Å². The Balaban J connectivity index is 1.77. The van der Waals surface area contributed by atoms with Crippen molar-refractivity contribution in [3.8, 4) is 5.75 Å². The van der Waals surface area contributed by atoms with Crippen molar-refractivity contribution in [3.63, 3.8) is 0 Å². The van der Waals surface area contributed by atoms with Gasteiger partial charge >= 0.3 is 0 Å². The Morgan fingerprint density at radius 1 is 1.04 bits per heavy atom. The van der Waals surface area contributed by atoms with Crippen molar-refractivity contribution < 1.29 is 9.53 Å². The van der Waals surface area contributed by atoms with Crippen molar-refractivity contribution in [3.05, 3.63) is 84.2 Å². The van der Waals surface area contributed by atoms with Crippen LogP contribution in [-0.4, -0.2) is 28.9 Å². The van der Waals surface area contributed by atoms with E-state index >= 15 is 0 Å². The molecule has 1 amide bonds.